The van der Waals surface area contributed by atoms with Crippen molar-refractivity contribution in [3.05, 3.63) is 42.5 Å². The Kier molecular flexibility index (Phi) is 5.92. The Morgan fingerprint density at radius 3 is 2.52 bits per heavy atom. The Bertz CT molecular complexity index is 866. The first-order chi connectivity index (χ1) is 13.1. The molecule has 0 aromatic heterocycles. The molecule has 0 atom stereocenters. The van der Waals surface area contributed by atoms with E-state index in [2.05, 4.69) is 11.4 Å². The molecule has 0 bridgehead atoms. The molecule has 3 rings (SSSR count). The van der Waals surface area contributed by atoms with Crippen LogP contribution < -0.4 is 10.1 Å². The van der Waals surface area contributed by atoms with Gasteiger partial charge in [0.25, 0.3) is 5.91 Å². The number of nitrogens with one attached hydrogen (secondary N) is 1. The van der Waals surface area contributed by atoms with Crippen LogP contribution in [0, 0.1) is 11.3 Å². The molecule has 0 spiro atoms. The second kappa shape index (κ2) is 8.54. The van der Waals surface area contributed by atoms with Crippen molar-refractivity contribution in [2.24, 2.45) is 0 Å². The lowest BCUT2D eigenvalue weighted by molar-refractivity contribution is -0.150. The Balaban J connectivity index is 1.45. The van der Waals surface area contributed by atoms with Crippen LogP contribution in [0.2, 0.25) is 0 Å². The summed E-state index contributed by atoms with van der Waals surface area (Å²) in [7, 11) is 0. The molecule has 6 heteroatoms. The second-order valence-corrected chi connectivity index (χ2v) is 6.76. The molecule has 140 valence electrons. The van der Waals surface area contributed by atoms with Gasteiger partial charge in [-0.05, 0) is 35.7 Å². The Labute approximate surface area is 158 Å². The number of nitrogens with zero attached hydrogens (tertiary/aromatic N) is 1. The average Bonchev–Trinajstić information content (AvgIpc) is 2.71. The molecule has 1 fully saturated rings. The van der Waals surface area contributed by atoms with Crippen molar-refractivity contribution in [3.63, 3.8) is 0 Å². The number of carbonyl (C=O) groups is 2. The van der Waals surface area contributed by atoms with Crippen LogP contribution in [0.4, 0.5) is 0 Å². The lowest BCUT2D eigenvalue weighted by Gasteiger charge is -2.31. The Hall–Kier alpha value is -3.07. The second-order valence-electron chi connectivity index (χ2n) is 6.76. The maximum Gasteiger partial charge on any atom is 0.344 e. The standard InChI is InChI=1S/C21H22N2O4/c22-15-21(10-4-1-5-11-21)23-19(24)13-27-20(25)14-26-18-9-8-16-6-2-3-7-17(16)12-18/h2-3,6-9,12H,1,4-5,10-11,13-14H2,(H,23,24). The summed E-state index contributed by atoms with van der Waals surface area (Å²) in [5, 5.41) is 14.2. The molecule has 0 aliphatic heterocycles. The van der Waals surface area contributed by atoms with Crippen molar-refractivity contribution in [2.75, 3.05) is 13.2 Å². The summed E-state index contributed by atoms with van der Waals surface area (Å²) in [6.07, 6.45) is 4.16. The molecular weight excluding hydrogens is 344 g/mol. The first-order valence-corrected chi connectivity index (χ1v) is 9.10. The van der Waals surface area contributed by atoms with Gasteiger partial charge in [0.2, 0.25) is 0 Å². The maximum atomic E-state index is 12.0. The van der Waals surface area contributed by atoms with Crippen LogP contribution in [-0.4, -0.2) is 30.6 Å². The fourth-order valence-corrected chi connectivity index (χ4v) is 3.31. The van der Waals surface area contributed by atoms with Gasteiger partial charge in [-0.2, -0.15) is 5.26 Å². The normalized spacial score (nSPS) is 15.5. The van der Waals surface area contributed by atoms with Gasteiger partial charge in [-0.15, -0.1) is 0 Å². The van der Waals surface area contributed by atoms with Gasteiger partial charge in [-0.25, -0.2) is 4.79 Å². The van der Waals surface area contributed by atoms with E-state index in [1.165, 1.54) is 0 Å². The quantitative estimate of drug-likeness (QED) is 0.794. The van der Waals surface area contributed by atoms with Crippen molar-refractivity contribution in [2.45, 2.75) is 37.6 Å². The minimum Gasteiger partial charge on any atom is -0.482 e. The molecule has 2 aromatic rings. The Morgan fingerprint density at radius 2 is 1.78 bits per heavy atom. The number of benzene rings is 2. The molecule has 0 radical (unpaired) electrons. The number of fused-ring (bicyclic) bond motifs is 1. The van der Waals surface area contributed by atoms with E-state index in [1.54, 1.807) is 6.07 Å². The minimum absolute atomic E-state index is 0.283. The zero-order valence-corrected chi connectivity index (χ0v) is 15.1. The number of hydrogen-bond acceptors (Lipinski definition) is 5. The lowest BCUT2D eigenvalue weighted by Crippen LogP contribution is -2.50. The van der Waals surface area contributed by atoms with Crippen molar-refractivity contribution in [1.29, 1.82) is 5.26 Å². The van der Waals surface area contributed by atoms with Gasteiger partial charge in [-0.3, -0.25) is 4.79 Å². The van der Waals surface area contributed by atoms with Crippen molar-refractivity contribution in [3.8, 4) is 11.8 Å². The molecule has 2 aromatic carbocycles. The lowest BCUT2D eigenvalue weighted by atomic mass is 9.83. The van der Waals surface area contributed by atoms with Gasteiger partial charge in [-0.1, -0.05) is 49.6 Å². The smallest absolute Gasteiger partial charge is 0.344 e. The van der Waals surface area contributed by atoms with Gasteiger partial charge in [0.15, 0.2) is 13.2 Å². The van der Waals surface area contributed by atoms with Crippen LogP contribution in [-0.2, 0) is 14.3 Å². The topological polar surface area (TPSA) is 88.4 Å². The summed E-state index contributed by atoms with van der Waals surface area (Å²) in [5.74, 6) is -0.536. The third kappa shape index (κ3) is 4.98. The number of hydrogen-bond donors (Lipinski definition) is 1. The third-order valence-electron chi connectivity index (χ3n) is 4.74. The summed E-state index contributed by atoms with van der Waals surface area (Å²) in [6.45, 7) is -0.696. The summed E-state index contributed by atoms with van der Waals surface area (Å²) < 4.78 is 10.4. The molecule has 1 aliphatic carbocycles. The van der Waals surface area contributed by atoms with Crippen LogP contribution >= 0.6 is 0 Å². The van der Waals surface area contributed by atoms with E-state index in [1.807, 2.05) is 36.4 Å². The monoisotopic (exact) mass is 366 g/mol. The summed E-state index contributed by atoms with van der Waals surface area (Å²) >= 11 is 0. The molecular formula is C21H22N2O4. The number of esters is 1. The van der Waals surface area contributed by atoms with Crippen molar-refractivity contribution in [1.82, 2.24) is 5.32 Å². The van der Waals surface area contributed by atoms with Gasteiger partial charge in [0, 0.05) is 0 Å². The molecule has 1 N–H and O–H groups in total. The van der Waals surface area contributed by atoms with Crippen LogP contribution in [0.15, 0.2) is 42.5 Å². The highest BCUT2D eigenvalue weighted by molar-refractivity contribution is 5.84. The first-order valence-electron chi connectivity index (χ1n) is 9.10. The molecule has 27 heavy (non-hydrogen) atoms. The minimum atomic E-state index is -0.830. The van der Waals surface area contributed by atoms with E-state index in [0.29, 0.717) is 18.6 Å². The highest BCUT2D eigenvalue weighted by atomic mass is 16.6. The highest BCUT2D eigenvalue weighted by Crippen LogP contribution is 2.27. The van der Waals surface area contributed by atoms with Crippen LogP contribution in [0.5, 0.6) is 5.75 Å². The number of rotatable bonds is 6. The first kappa shape index (κ1) is 18.7. The van der Waals surface area contributed by atoms with Crippen molar-refractivity contribution >= 4 is 22.6 Å². The van der Waals surface area contributed by atoms with Gasteiger partial charge < -0.3 is 14.8 Å². The van der Waals surface area contributed by atoms with E-state index in [4.69, 9.17) is 9.47 Å². The predicted molar refractivity (Wildman–Crippen MR) is 100.0 cm³/mol. The fourth-order valence-electron chi connectivity index (χ4n) is 3.31. The number of amides is 1. The number of ether oxygens (including phenoxy) is 2. The van der Waals surface area contributed by atoms with E-state index in [0.717, 1.165) is 30.0 Å². The molecule has 1 aliphatic rings. The predicted octanol–water partition coefficient (Wildman–Crippen LogP) is 3.10. The van der Waals surface area contributed by atoms with E-state index < -0.39 is 24.0 Å². The fraction of sp³-hybridized carbons (Fsp3) is 0.381. The van der Waals surface area contributed by atoms with Gasteiger partial charge in [0.1, 0.15) is 11.3 Å². The van der Waals surface area contributed by atoms with E-state index in [9.17, 15) is 14.9 Å². The SMILES string of the molecule is N#CC1(NC(=O)COC(=O)COc2ccc3ccccc3c2)CCCCC1. The highest BCUT2D eigenvalue weighted by Gasteiger charge is 2.33. The van der Waals surface area contributed by atoms with Crippen LogP contribution in [0.25, 0.3) is 10.8 Å². The zero-order chi connectivity index (χ0) is 19.1. The van der Waals surface area contributed by atoms with E-state index >= 15 is 0 Å². The molecule has 1 amide bonds. The molecule has 0 heterocycles. The zero-order valence-electron chi connectivity index (χ0n) is 15.1. The summed E-state index contributed by atoms with van der Waals surface area (Å²) in [4.78, 5) is 23.9. The van der Waals surface area contributed by atoms with Crippen molar-refractivity contribution < 1.29 is 19.1 Å². The van der Waals surface area contributed by atoms with Crippen LogP contribution in [0.1, 0.15) is 32.1 Å². The average molecular weight is 366 g/mol. The molecule has 1 saturated carbocycles. The molecule has 6 nitrogen and oxygen atoms in total. The third-order valence-corrected chi connectivity index (χ3v) is 4.74. The largest absolute Gasteiger partial charge is 0.482 e. The maximum absolute atomic E-state index is 12.0. The molecule has 0 unspecified atom stereocenters. The van der Waals surface area contributed by atoms with Gasteiger partial charge >= 0.3 is 5.97 Å². The van der Waals surface area contributed by atoms with Crippen LogP contribution in [0.3, 0.4) is 0 Å². The summed E-state index contributed by atoms with van der Waals surface area (Å²) in [5.41, 5.74) is -0.830. The van der Waals surface area contributed by atoms with Gasteiger partial charge in [0.05, 0.1) is 6.07 Å². The molecule has 0 saturated heterocycles. The van der Waals surface area contributed by atoms with E-state index in [-0.39, 0.29) is 6.61 Å². The number of nitriles is 1. The summed E-state index contributed by atoms with van der Waals surface area (Å²) in [6, 6.07) is 15.6. The Morgan fingerprint density at radius 1 is 1.04 bits per heavy atom. The number of carbonyl (C=O) groups excluding carboxylic acids is 2.